The van der Waals surface area contributed by atoms with Gasteiger partial charge in [-0.05, 0) is 36.2 Å². The predicted molar refractivity (Wildman–Crippen MR) is 145 cm³/mol. The first-order valence-electron chi connectivity index (χ1n) is 12.4. The van der Waals surface area contributed by atoms with Crippen LogP contribution in [0.1, 0.15) is 18.4 Å². The Hall–Kier alpha value is -5.19. The van der Waals surface area contributed by atoms with Crippen molar-refractivity contribution in [3.8, 4) is 0 Å². The van der Waals surface area contributed by atoms with Gasteiger partial charge >= 0.3 is 18.0 Å². The average molecular weight is 548 g/mol. The van der Waals surface area contributed by atoms with Gasteiger partial charge in [-0.1, -0.05) is 66.7 Å². The van der Waals surface area contributed by atoms with Crippen LogP contribution < -0.4 is 16.0 Å². The molecule has 3 amide bonds. The number of esters is 2. The fourth-order valence-electron chi connectivity index (χ4n) is 3.31. The number of nitrogens with one attached hydrogen (secondary N) is 3. The lowest BCUT2D eigenvalue weighted by molar-refractivity contribution is -0.151. The molecule has 3 aromatic carbocycles. The van der Waals surface area contributed by atoms with Crippen molar-refractivity contribution < 1.29 is 38.2 Å². The molecule has 0 heterocycles. The fraction of sp³-hybridized carbons (Fsp3) is 0.207. The van der Waals surface area contributed by atoms with Crippen LogP contribution in [0.25, 0.3) is 0 Å². The number of rotatable bonds is 13. The number of carbonyl (C=O) groups excluding carboxylic acids is 5. The van der Waals surface area contributed by atoms with E-state index in [1.54, 1.807) is 84.9 Å². The summed E-state index contributed by atoms with van der Waals surface area (Å²) in [6.45, 7) is -1.20. The van der Waals surface area contributed by atoms with Crippen LogP contribution in [0.15, 0.2) is 91.0 Å². The number of carbonyl (C=O) groups is 5. The zero-order valence-electron chi connectivity index (χ0n) is 21.5. The first kappa shape index (κ1) is 29.4. The van der Waals surface area contributed by atoms with Gasteiger partial charge in [0.15, 0.2) is 13.2 Å². The van der Waals surface area contributed by atoms with Crippen LogP contribution in [0.2, 0.25) is 0 Å². The van der Waals surface area contributed by atoms with Gasteiger partial charge in [-0.2, -0.15) is 0 Å². The third-order valence-corrected chi connectivity index (χ3v) is 5.25. The van der Waals surface area contributed by atoms with Gasteiger partial charge in [-0.25, -0.2) is 9.59 Å². The Labute approximate surface area is 230 Å². The number of hydrogen-bond donors (Lipinski definition) is 3. The summed E-state index contributed by atoms with van der Waals surface area (Å²) < 4.78 is 15.2. The Balaban J connectivity index is 1.50. The molecule has 0 aliphatic heterocycles. The quantitative estimate of drug-likeness (QED) is 0.218. The highest BCUT2D eigenvalue weighted by atomic mass is 16.6. The Morgan fingerprint density at radius 1 is 0.625 bits per heavy atom. The van der Waals surface area contributed by atoms with Crippen LogP contribution in [0.5, 0.6) is 0 Å². The number of alkyl carbamates (subject to hydrolysis) is 1. The van der Waals surface area contributed by atoms with Crippen LogP contribution >= 0.6 is 0 Å². The number of hydrogen-bond acceptors (Lipinski definition) is 8. The number of ether oxygens (including phenoxy) is 3. The molecule has 11 heteroatoms. The number of amides is 3. The van der Waals surface area contributed by atoms with Crippen LogP contribution in [-0.2, 0) is 40.0 Å². The highest BCUT2D eigenvalue weighted by Crippen LogP contribution is 2.08. The van der Waals surface area contributed by atoms with E-state index in [0.717, 1.165) is 5.56 Å². The molecule has 0 spiro atoms. The Kier molecular flexibility index (Phi) is 11.7. The van der Waals surface area contributed by atoms with Crippen LogP contribution in [-0.4, -0.2) is 49.1 Å². The van der Waals surface area contributed by atoms with E-state index in [1.807, 2.05) is 6.07 Å². The maximum Gasteiger partial charge on any atom is 0.408 e. The first-order chi connectivity index (χ1) is 19.4. The molecule has 0 saturated carbocycles. The average Bonchev–Trinajstić information content (AvgIpc) is 2.97. The zero-order chi connectivity index (χ0) is 28.6. The van der Waals surface area contributed by atoms with Crippen molar-refractivity contribution in [1.29, 1.82) is 0 Å². The van der Waals surface area contributed by atoms with E-state index in [-0.39, 0.29) is 19.4 Å². The van der Waals surface area contributed by atoms with Crippen molar-refractivity contribution in [2.75, 3.05) is 23.8 Å². The monoisotopic (exact) mass is 547 g/mol. The van der Waals surface area contributed by atoms with Gasteiger partial charge in [0.2, 0.25) is 0 Å². The van der Waals surface area contributed by atoms with Gasteiger partial charge in [-0.3, -0.25) is 14.4 Å². The number of anilines is 2. The van der Waals surface area contributed by atoms with Crippen molar-refractivity contribution in [3.63, 3.8) is 0 Å². The molecule has 3 rings (SSSR count). The van der Waals surface area contributed by atoms with Crippen molar-refractivity contribution >= 4 is 41.2 Å². The summed E-state index contributed by atoms with van der Waals surface area (Å²) in [5.41, 5.74) is 1.79. The van der Waals surface area contributed by atoms with Gasteiger partial charge in [0, 0.05) is 17.8 Å². The van der Waals surface area contributed by atoms with E-state index < -0.39 is 49.1 Å². The molecule has 0 saturated heterocycles. The van der Waals surface area contributed by atoms with Crippen molar-refractivity contribution in [1.82, 2.24) is 5.32 Å². The van der Waals surface area contributed by atoms with E-state index in [9.17, 15) is 24.0 Å². The first-order valence-corrected chi connectivity index (χ1v) is 12.4. The molecule has 0 aliphatic rings. The van der Waals surface area contributed by atoms with Crippen LogP contribution in [0, 0.1) is 0 Å². The maximum atomic E-state index is 12.7. The second kappa shape index (κ2) is 15.9. The summed E-state index contributed by atoms with van der Waals surface area (Å²) in [6, 6.07) is 24.8. The van der Waals surface area contributed by atoms with Crippen molar-refractivity contribution in [3.05, 3.63) is 96.6 Å². The minimum absolute atomic E-state index is 0.0491. The van der Waals surface area contributed by atoms with E-state index in [2.05, 4.69) is 16.0 Å². The van der Waals surface area contributed by atoms with E-state index in [0.29, 0.717) is 11.4 Å². The second-order valence-electron chi connectivity index (χ2n) is 8.39. The summed E-state index contributed by atoms with van der Waals surface area (Å²) in [5, 5.41) is 7.51. The summed E-state index contributed by atoms with van der Waals surface area (Å²) in [7, 11) is 0. The summed E-state index contributed by atoms with van der Waals surface area (Å²) in [5.74, 6) is -2.85. The summed E-state index contributed by atoms with van der Waals surface area (Å²) in [4.78, 5) is 61.4. The van der Waals surface area contributed by atoms with Gasteiger partial charge < -0.3 is 30.2 Å². The minimum Gasteiger partial charge on any atom is -0.456 e. The molecule has 0 radical (unpaired) electrons. The molecule has 0 aromatic heterocycles. The van der Waals surface area contributed by atoms with E-state index >= 15 is 0 Å². The predicted octanol–water partition coefficient (Wildman–Crippen LogP) is 3.43. The van der Waals surface area contributed by atoms with Crippen molar-refractivity contribution in [2.24, 2.45) is 0 Å². The number of para-hydroxylation sites is 2. The van der Waals surface area contributed by atoms with E-state index in [4.69, 9.17) is 14.2 Å². The molecule has 0 bridgehead atoms. The molecular weight excluding hydrogens is 518 g/mol. The molecule has 0 unspecified atom stereocenters. The van der Waals surface area contributed by atoms with Crippen LogP contribution in [0.3, 0.4) is 0 Å². The van der Waals surface area contributed by atoms with Crippen LogP contribution in [0.4, 0.5) is 16.2 Å². The zero-order valence-corrected chi connectivity index (χ0v) is 21.5. The molecule has 11 nitrogen and oxygen atoms in total. The Morgan fingerprint density at radius 3 is 1.68 bits per heavy atom. The van der Waals surface area contributed by atoms with Crippen molar-refractivity contribution in [2.45, 2.75) is 25.5 Å². The van der Waals surface area contributed by atoms with Gasteiger partial charge in [0.25, 0.3) is 11.8 Å². The fourth-order valence-corrected chi connectivity index (χ4v) is 3.31. The molecule has 3 N–H and O–H groups in total. The Morgan fingerprint density at radius 2 is 1.12 bits per heavy atom. The maximum absolute atomic E-state index is 12.7. The molecule has 3 aromatic rings. The molecule has 0 fully saturated rings. The molecule has 0 aliphatic carbocycles. The normalized spacial score (nSPS) is 10.9. The lowest BCUT2D eigenvalue weighted by Gasteiger charge is -2.17. The molecule has 40 heavy (non-hydrogen) atoms. The topological polar surface area (TPSA) is 149 Å². The van der Waals surface area contributed by atoms with E-state index in [1.165, 1.54) is 0 Å². The van der Waals surface area contributed by atoms with Gasteiger partial charge in [0.05, 0.1) is 0 Å². The Bertz CT molecular complexity index is 1270. The molecular formula is C29H29N3O8. The lowest BCUT2D eigenvalue weighted by Crippen LogP contribution is -2.43. The number of benzene rings is 3. The van der Waals surface area contributed by atoms with Gasteiger partial charge in [-0.15, -0.1) is 0 Å². The van der Waals surface area contributed by atoms with Gasteiger partial charge in [0.1, 0.15) is 12.6 Å². The largest absolute Gasteiger partial charge is 0.456 e. The molecule has 208 valence electrons. The lowest BCUT2D eigenvalue weighted by atomic mass is 10.1. The smallest absolute Gasteiger partial charge is 0.408 e. The highest BCUT2D eigenvalue weighted by molar-refractivity contribution is 5.94. The third-order valence-electron chi connectivity index (χ3n) is 5.25. The highest BCUT2D eigenvalue weighted by Gasteiger charge is 2.25. The third kappa shape index (κ3) is 11.1. The summed E-state index contributed by atoms with van der Waals surface area (Å²) >= 11 is 0. The second-order valence-corrected chi connectivity index (χ2v) is 8.39. The minimum atomic E-state index is -1.32. The summed E-state index contributed by atoms with van der Waals surface area (Å²) in [6.07, 6.45) is -1.47. The SMILES string of the molecule is O=C(COC(=O)CC[C@H](NC(=O)OCc1ccccc1)C(=O)OCC(=O)Nc1ccccc1)Nc1ccccc1. The molecule has 1 atom stereocenters. The standard InChI is InChI=1S/C29H29N3O8/c33-25(30-22-12-6-2-7-13-22)19-38-27(35)17-16-24(32-29(37)40-18-21-10-4-1-5-11-21)28(36)39-20-26(34)31-23-14-8-3-9-15-23/h1-15,24H,16-20H2,(H,30,33)(H,31,34)(H,32,37)/t24-/m0/s1.